The third-order valence-corrected chi connectivity index (χ3v) is 1.69. The van der Waals surface area contributed by atoms with E-state index in [1.807, 2.05) is 20.8 Å². The van der Waals surface area contributed by atoms with Gasteiger partial charge in [-0.05, 0) is 20.8 Å². The fraction of sp³-hybridized carbons (Fsp3) is 0.778. The molecule has 0 saturated carbocycles. The summed E-state index contributed by atoms with van der Waals surface area (Å²) in [7, 11) is 1.55. The van der Waals surface area contributed by atoms with Crippen molar-refractivity contribution in [2.75, 3.05) is 20.1 Å². The highest BCUT2D eigenvalue weighted by atomic mass is 16.2. The molecule has 0 fully saturated rings. The number of hydrogen-bond donors (Lipinski definition) is 2. The molecular weight excluding hydrogens is 182 g/mol. The van der Waals surface area contributed by atoms with Gasteiger partial charge in [0.05, 0.1) is 0 Å². The van der Waals surface area contributed by atoms with Crippen LogP contribution >= 0.6 is 0 Å². The lowest BCUT2D eigenvalue weighted by Crippen LogP contribution is -2.46. The minimum Gasteiger partial charge on any atom is -0.358 e. The number of amides is 3. The van der Waals surface area contributed by atoms with E-state index in [9.17, 15) is 9.59 Å². The van der Waals surface area contributed by atoms with Gasteiger partial charge in [0, 0.05) is 19.6 Å². The summed E-state index contributed by atoms with van der Waals surface area (Å²) in [4.78, 5) is 24.0. The molecule has 0 radical (unpaired) electrons. The van der Waals surface area contributed by atoms with Crippen LogP contribution in [0.2, 0.25) is 0 Å². The van der Waals surface area contributed by atoms with E-state index >= 15 is 0 Å². The largest absolute Gasteiger partial charge is 0.358 e. The van der Waals surface area contributed by atoms with Crippen LogP contribution in [0.5, 0.6) is 0 Å². The molecule has 0 unspecified atom stereocenters. The predicted molar refractivity (Wildman–Crippen MR) is 55.0 cm³/mol. The van der Waals surface area contributed by atoms with Gasteiger partial charge in [-0.1, -0.05) is 0 Å². The zero-order chi connectivity index (χ0) is 11.1. The first kappa shape index (κ1) is 12.7. The van der Waals surface area contributed by atoms with Gasteiger partial charge in [-0.2, -0.15) is 0 Å². The molecular formula is C9H19N3O2. The molecule has 14 heavy (non-hydrogen) atoms. The first-order valence-electron chi connectivity index (χ1n) is 4.77. The molecule has 0 bridgehead atoms. The predicted octanol–water partition coefficient (Wildman–Crippen LogP) is 0.172. The highest BCUT2D eigenvalue weighted by Gasteiger charge is 2.14. The van der Waals surface area contributed by atoms with Crippen molar-refractivity contribution >= 4 is 11.9 Å². The first-order valence-corrected chi connectivity index (χ1v) is 4.77. The second-order valence-corrected chi connectivity index (χ2v) is 3.29. The number of carbonyl (C=O) groups excluding carboxylic acids is 2. The molecule has 3 amide bonds. The lowest BCUT2D eigenvalue weighted by molar-refractivity contribution is -0.121. The van der Waals surface area contributed by atoms with Gasteiger partial charge in [0.25, 0.3) is 0 Å². The maximum Gasteiger partial charge on any atom is 0.318 e. The van der Waals surface area contributed by atoms with Crippen LogP contribution in [-0.2, 0) is 4.79 Å². The van der Waals surface area contributed by atoms with Gasteiger partial charge >= 0.3 is 6.03 Å². The van der Waals surface area contributed by atoms with Gasteiger partial charge in [0.15, 0.2) is 0 Å². The Balaban J connectivity index is 4.12. The molecule has 0 aromatic heterocycles. The summed E-state index contributed by atoms with van der Waals surface area (Å²) >= 11 is 0. The normalized spacial score (nSPS) is 9.79. The number of carbonyl (C=O) groups is 2. The summed E-state index contributed by atoms with van der Waals surface area (Å²) in [5.41, 5.74) is 0. The second-order valence-electron chi connectivity index (χ2n) is 3.29. The van der Waals surface area contributed by atoms with Crippen LogP contribution in [-0.4, -0.2) is 43.0 Å². The van der Waals surface area contributed by atoms with Crippen LogP contribution in [0.25, 0.3) is 0 Å². The van der Waals surface area contributed by atoms with Gasteiger partial charge in [0.1, 0.15) is 6.54 Å². The Hall–Kier alpha value is -1.26. The SMILES string of the molecule is CCN(CC(=O)NC)C(=O)NC(C)C. The fourth-order valence-electron chi connectivity index (χ4n) is 0.918. The molecule has 0 aliphatic carbocycles. The van der Waals surface area contributed by atoms with Crippen molar-refractivity contribution in [2.45, 2.75) is 26.8 Å². The quantitative estimate of drug-likeness (QED) is 0.681. The van der Waals surface area contributed by atoms with E-state index in [0.717, 1.165) is 0 Å². The third kappa shape index (κ3) is 4.69. The molecule has 0 heterocycles. The van der Waals surface area contributed by atoms with Crippen molar-refractivity contribution in [1.29, 1.82) is 0 Å². The molecule has 0 saturated heterocycles. The third-order valence-electron chi connectivity index (χ3n) is 1.69. The average Bonchev–Trinajstić information content (AvgIpc) is 2.12. The van der Waals surface area contributed by atoms with Crippen molar-refractivity contribution in [3.63, 3.8) is 0 Å². The number of urea groups is 1. The number of likely N-dealkylation sites (N-methyl/N-ethyl adjacent to an activating group) is 2. The van der Waals surface area contributed by atoms with Crippen LogP contribution in [0, 0.1) is 0 Å². The van der Waals surface area contributed by atoms with Gasteiger partial charge < -0.3 is 15.5 Å². The Morgan fingerprint density at radius 3 is 2.29 bits per heavy atom. The maximum atomic E-state index is 11.5. The van der Waals surface area contributed by atoms with Crippen LogP contribution in [0.3, 0.4) is 0 Å². The maximum absolute atomic E-state index is 11.5. The van der Waals surface area contributed by atoms with Crippen molar-refractivity contribution < 1.29 is 9.59 Å². The van der Waals surface area contributed by atoms with E-state index in [1.165, 1.54) is 4.90 Å². The van der Waals surface area contributed by atoms with Crippen LogP contribution in [0.1, 0.15) is 20.8 Å². The summed E-state index contributed by atoms with van der Waals surface area (Å²) in [5.74, 6) is -0.161. The van der Waals surface area contributed by atoms with E-state index in [2.05, 4.69) is 10.6 Å². The van der Waals surface area contributed by atoms with Crippen LogP contribution in [0.4, 0.5) is 4.79 Å². The topological polar surface area (TPSA) is 61.4 Å². The van der Waals surface area contributed by atoms with E-state index in [0.29, 0.717) is 6.54 Å². The van der Waals surface area contributed by atoms with E-state index in [1.54, 1.807) is 7.05 Å². The molecule has 0 spiro atoms. The zero-order valence-electron chi connectivity index (χ0n) is 9.26. The average molecular weight is 201 g/mol. The Labute approximate surface area is 84.8 Å². The molecule has 0 aliphatic heterocycles. The summed E-state index contributed by atoms with van der Waals surface area (Å²) in [5, 5.41) is 5.21. The smallest absolute Gasteiger partial charge is 0.318 e. The fourth-order valence-corrected chi connectivity index (χ4v) is 0.918. The standard InChI is InChI=1S/C9H19N3O2/c1-5-12(6-8(13)10-4)9(14)11-7(2)3/h7H,5-6H2,1-4H3,(H,10,13)(H,11,14). The Morgan fingerprint density at radius 2 is 1.93 bits per heavy atom. The van der Waals surface area contributed by atoms with Crippen molar-refractivity contribution in [2.24, 2.45) is 0 Å². The number of nitrogens with zero attached hydrogens (tertiary/aromatic N) is 1. The van der Waals surface area contributed by atoms with E-state index < -0.39 is 0 Å². The Bertz CT molecular complexity index is 204. The van der Waals surface area contributed by atoms with E-state index in [-0.39, 0.29) is 24.5 Å². The zero-order valence-corrected chi connectivity index (χ0v) is 9.26. The molecule has 2 N–H and O–H groups in total. The molecule has 0 atom stereocenters. The molecule has 0 aromatic carbocycles. The van der Waals surface area contributed by atoms with Gasteiger partial charge in [-0.15, -0.1) is 0 Å². The summed E-state index contributed by atoms with van der Waals surface area (Å²) < 4.78 is 0. The molecule has 0 aliphatic rings. The van der Waals surface area contributed by atoms with Gasteiger partial charge in [-0.3, -0.25) is 4.79 Å². The minimum absolute atomic E-state index is 0.0845. The van der Waals surface area contributed by atoms with Gasteiger partial charge in [0.2, 0.25) is 5.91 Å². The second kappa shape index (κ2) is 6.23. The molecule has 82 valence electrons. The minimum atomic E-state index is -0.203. The van der Waals surface area contributed by atoms with Crippen LogP contribution in [0.15, 0.2) is 0 Å². The molecule has 0 aromatic rings. The van der Waals surface area contributed by atoms with Gasteiger partial charge in [-0.25, -0.2) is 4.79 Å². The molecule has 5 nitrogen and oxygen atoms in total. The first-order chi connectivity index (χ1) is 6.51. The van der Waals surface area contributed by atoms with Crippen LogP contribution < -0.4 is 10.6 Å². The summed E-state index contributed by atoms with van der Waals surface area (Å²) in [6, 6.07) is -0.118. The molecule has 0 rings (SSSR count). The van der Waals surface area contributed by atoms with Crippen molar-refractivity contribution in [3.8, 4) is 0 Å². The monoisotopic (exact) mass is 201 g/mol. The highest BCUT2D eigenvalue weighted by molar-refractivity contribution is 5.83. The molecule has 5 heteroatoms. The lowest BCUT2D eigenvalue weighted by atomic mass is 10.4. The highest BCUT2D eigenvalue weighted by Crippen LogP contribution is 1.90. The summed E-state index contributed by atoms with van der Waals surface area (Å²) in [6.45, 7) is 6.22. The number of nitrogens with one attached hydrogen (secondary N) is 2. The Kier molecular flexibility index (Phi) is 5.67. The number of rotatable bonds is 4. The lowest BCUT2D eigenvalue weighted by Gasteiger charge is -2.21. The number of hydrogen-bond acceptors (Lipinski definition) is 2. The van der Waals surface area contributed by atoms with Crippen molar-refractivity contribution in [3.05, 3.63) is 0 Å². The van der Waals surface area contributed by atoms with Crippen molar-refractivity contribution in [1.82, 2.24) is 15.5 Å². The Morgan fingerprint density at radius 1 is 1.36 bits per heavy atom. The summed E-state index contributed by atoms with van der Waals surface area (Å²) in [6.07, 6.45) is 0. The van der Waals surface area contributed by atoms with E-state index in [4.69, 9.17) is 0 Å².